The van der Waals surface area contributed by atoms with E-state index in [0.29, 0.717) is 52.4 Å². The van der Waals surface area contributed by atoms with Crippen LogP contribution in [0.15, 0.2) is 64.3 Å². The Kier molecular flexibility index (Phi) is 8.77. The fourth-order valence-electron chi connectivity index (χ4n) is 3.82. The lowest BCUT2D eigenvalue weighted by molar-refractivity contribution is 0.327. The number of amidine groups is 1. The number of hydrogen-bond acceptors (Lipinski definition) is 11. The van der Waals surface area contributed by atoms with Gasteiger partial charge in [-0.1, -0.05) is 12.1 Å². The molecule has 0 fully saturated rings. The highest BCUT2D eigenvalue weighted by molar-refractivity contribution is 7.93. The highest BCUT2D eigenvalue weighted by Crippen LogP contribution is 2.38. The third kappa shape index (κ3) is 6.58. The number of benzene rings is 1. The van der Waals surface area contributed by atoms with Gasteiger partial charge in [0.15, 0.2) is 11.6 Å². The third-order valence-corrected chi connectivity index (χ3v) is 6.63. The van der Waals surface area contributed by atoms with Gasteiger partial charge in [0.05, 0.1) is 26.3 Å². The van der Waals surface area contributed by atoms with Crippen molar-refractivity contribution in [3.8, 4) is 34.6 Å². The number of hydrogen-bond donors (Lipinski definition) is 2. The minimum absolute atomic E-state index is 0.0531. The second-order valence-electron chi connectivity index (χ2n) is 8.45. The molecule has 0 saturated heterocycles. The maximum Gasteiger partial charge on any atom is 0.241 e. The van der Waals surface area contributed by atoms with Crippen molar-refractivity contribution in [3.63, 3.8) is 0 Å². The normalized spacial score (nSPS) is 12.3. The summed E-state index contributed by atoms with van der Waals surface area (Å²) in [5.41, 5.74) is 7.54. The minimum Gasteiger partial charge on any atom is -0.494 e. The molecule has 0 saturated carbocycles. The largest absolute Gasteiger partial charge is 0.494 e. The fourth-order valence-corrected chi connectivity index (χ4v) is 4.81. The van der Waals surface area contributed by atoms with Gasteiger partial charge in [-0.2, -0.15) is 0 Å². The molecule has 0 amide bonds. The van der Waals surface area contributed by atoms with Crippen LogP contribution in [0.4, 0.5) is 5.82 Å². The van der Waals surface area contributed by atoms with Crippen molar-refractivity contribution in [1.82, 2.24) is 24.7 Å². The first kappa shape index (κ1) is 28.9. The number of ether oxygens (including phenoxy) is 3. The number of nitrogens with zero attached hydrogens (tertiary/aromatic N) is 7. The van der Waals surface area contributed by atoms with Crippen LogP contribution in [0.3, 0.4) is 0 Å². The molecule has 0 atom stereocenters. The number of rotatable bonds is 11. The maximum atomic E-state index is 12.9. The number of aliphatic imine (C=N–C) groups is 2. The molecular weight excluding hydrogens is 550 g/mol. The van der Waals surface area contributed by atoms with Gasteiger partial charge in [0.25, 0.3) is 0 Å². The number of allylic oxidation sites excluding steroid dienone is 1. The van der Waals surface area contributed by atoms with Crippen LogP contribution in [0.25, 0.3) is 28.4 Å². The lowest BCUT2D eigenvalue weighted by atomic mass is 10.2. The number of anilines is 1. The van der Waals surface area contributed by atoms with E-state index in [1.54, 1.807) is 47.9 Å². The number of para-hydroxylation sites is 1. The first-order chi connectivity index (χ1) is 19.7. The summed E-state index contributed by atoms with van der Waals surface area (Å²) < 4.78 is 46.9. The lowest BCUT2D eigenvalue weighted by Crippen LogP contribution is -2.22. The van der Waals surface area contributed by atoms with Gasteiger partial charge < -0.3 is 19.9 Å². The van der Waals surface area contributed by atoms with Gasteiger partial charge in [0.1, 0.15) is 34.5 Å². The molecule has 41 heavy (non-hydrogen) atoms. The smallest absolute Gasteiger partial charge is 0.241 e. The molecule has 14 nitrogen and oxygen atoms in total. The van der Waals surface area contributed by atoms with Crippen LogP contribution in [0.2, 0.25) is 0 Å². The summed E-state index contributed by atoms with van der Waals surface area (Å²) in [5, 5.41) is 8.22. The topological polar surface area (TPSA) is 181 Å². The van der Waals surface area contributed by atoms with Crippen LogP contribution in [0.1, 0.15) is 13.8 Å². The van der Waals surface area contributed by atoms with E-state index >= 15 is 0 Å². The van der Waals surface area contributed by atoms with Crippen molar-refractivity contribution >= 4 is 39.6 Å². The highest BCUT2D eigenvalue weighted by Gasteiger charge is 2.24. The minimum atomic E-state index is -4.02. The van der Waals surface area contributed by atoms with Crippen LogP contribution in [0, 0.1) is 0 Å². The zero-order valence-electron chi connectivity index (χ0n) is 22.9. The first-order valence-corrected chi connectivity index (χ1v) is 13.9. The van der Waals surface area contributed by atoms with E-state index in [0.717, 1.165) is 0 Å². The quantitative estimate of drug-likeness (QED) is 0.198. The average Bonchev–Trinajstić information content (AvgIpc) is 3.33. The molecule has 0 bridgehead atoms. The summed E-state index contributed by atoms with van der Waals surface area (Å²) in [6.07, 6.45) is 1.29. The van der Waals surface area contributed by atoms with Crippen molar-refractivity contribution in [2.75, 3.05) is 31.3 Å². The molecule has 0 radical (unpaired) electrons. The summed E-state index contributed by atoms with van der Waals surface area (Å²) in [4.78, 5) is 16.9. The molecule has 3 heterocycles. The Morgan fingerprint density at radius 1 is 1.12 bits per heavy atom. The fraction of sp³-hybridized carbons (Fsp3) is 0.231. The summed E-state index contributed by atoms with van der Waals surface area (Å²) in [7, 11) is -0.965. The third-order valence-electron chi connectivity index (χ3n) is 5.47. The van der Waals surface area contributed by atoms with E-state index < -0.39 is 15.8 Å². The Hall–Kier alpha value is -5.05. The van der Waals surface area contributed by atoms with Crippen LogP contribution in [-0.2, 0) is 10.0 Å². The van der Waals surface area contributed by atoms with Crippen LogP contribution >= 0.6 is 0 Å². The van der Waals surface area contributed by atoms with Gasteiger partial charge in [0.2, 0.25) is 21.6 Å². The standard InChI is InChI=1S/C26H29N9O5S/c1-6-40-23-12-7-9-17(30-23)26-31-25-18(35(26)24-19(38-4)10-8-11-20(24)39-5)13-21(32-33-25)34-41(36,37)15-22(28-3)29-14-16(2)27/h7-14H,3,6,15,27H2,1-2,4-5H3,(H,32,34)/b16-14+,29-22-. The van der Waals surface area contributed by atoms with Crippen molar-refractivity contribution in [3.05, 3.63) is 54.4 Å². The molecule has 4 aromatic rings. The highest BCUT2D eigenvalue weighted by atomic mass is 32.2. The lowest BCUT2D eigenvalue weighted by Gasteiger charge is -2.17. The van der Waals surface area contributed by atoms with E-state index in [9.17, 15) is 8.42 Å². The summed E-state index contributed by atoms with van der Waals surface area (Å²) in [6.45, 7) is 7.27. The molecule has 0 aliphatic carbocycles. The second-order valence-corrected chi connectivity index (χ2v) is 10.2. The van der Waals surface area contributed by atoms with Crippen LogP contribution < -0.4 is 24.7 Å². The molecule has 15 heteroatoms. The number of imidazole rings is 1. The van der Waals surface area contributed by atoms with Crippen molar-refractivity contribution in [2.45, 2.75) is 13.8 Å². The second kappa shape index (κ2) is 12.4. The van der Waals surface area contributed by atoms with E-state index in [1.807, 2.05) is 6.92 Å². The predicted octanol–water partition coefficient (Wildman–Crippen LogP) is 2.95. The zero-order chi connectivity index (χ0) is 29.6. The van der Waals surface area contributed by atoms with E-state index in [2.05, 4.69) is 41.6 Å². The molecule has 3 aromatic heterocycles. The number of nitrogens with two attached hydrogens (primary N) is 1. The van der Waals surface area contributed by atoms with Gasteiger partial charge in [-0.05, 0) is 38.8 Å². The van der Waals surface area contributed by atoms with Crippen molar-refractivity contribution in [2.24, 2.45) is 15.7 Å². The van der Waals surface area contributed by atoms with E-state index in [4.69, 9.17) is 19.9 Å². The monoisotopic (exact) mass is 579 g/mol. The number of nitrogens with one attached hydrogen (secondary N) is 1. The summed E-state index contributed by atoms with van der Waals surface area (Å²) >= 11 is 0. The maximum absolute atomic E-state index is 12.9. The summed E-state index contributed by atoms with van der Waals surface area (Å²) in [5.74, 6) is 1.01. The molecule has 0 spiro atoms. The van der Waals surface area contributed by atoms with Crippen molar-refractivity contribution < 1.29 is 22.6 Å². The van der Waals surface area contributed by atoms with E-state index in [-0.39, 0.29) is 17.3 Å². The van der Waals surface area contributed by atoms with Gasteiger partial charge in [-0.15, -0.1) is 10.2 Å². The molecule has 0 aliphatic heterocycles. The molecule has 4 rings (SSSR count). The Labute approximate surface area is 236 Å². The zero-order valence-corrected chi connectivity index (χ0v) is 23.7. The number of sulfonamides is 1. The van der Waals surface area contributed by atoms with Gasteiger partial charge in [-0.3, -0.25) is 9.29 Å². The summed E-state index contributed by atoms with van der Waals surface area (Å²) in [6, 6.07) is 12.1. The number of pyridine rings is 1. The van der Waals surface area contributed by atoms with Gasteiger partial charge in [0, 0.05) is 24.0 Å². The van der Waals surface area contributed by atoms with E-state index in [1.165, 1.54) is 26.5 Å². The number of methoxy groups -OCH3 is 2. The molecule has 214 valence electrons. The molecule has 0 unspecified atom stereocenters. The Morgan fingerprint density at radius 2 is 1.83 bits per heavy atom. The van der Waals surface area contributed by atoms with Crippen LogP contribution in [-0.4, -0.2) is 72.3 Å². The first-order valence-electron chi connectivity index (χ1n) is 12.2. The predicted molar refractivity (Wildman–Crippen MR) is 157 cm³/mol. The molecule has 1 aromatic carbocycles. The number of fused-ring (bicyclic) bond motifs is 1. The van der Waals surface area contributed by atoms with Crippen molar-refractivity contribution in [1.29, 1.82) is 0 Å². The number of aromatic nitrogens is 5. The van der Waals surface area contributed by atoms with Gasteiger partial charge >= 0.3 is 0 Å². The SMILES string of the molecule is C=N/C(CS(=O)(=O)Nc1cc2c(nn1)nc(-c1cccc(OCC)n1)n2-c1c(OC)cccc1OC)=N\C=C(/C)N. The Balaban J connectivity index is 1.90. The molecular formula is C26H29N9O5S. The molecule has 3 N–H and O–H groups in total. The Bertz CT molecular complexity index is 1720. The average molecular weight is 580 g/mol. The van der Waals surface area contributed by atoms with Gasteiger partial charge in [-0.25, -0.2) is 28.4 Å². The Morgan fingerprint density at radius 3 is 2.46 bits per heavy atom. The molecule has 0 aliphatic rings. The van der Waals surface area contributed by atoms with Crippen LogP contribution in [0.5, 0.6) is 17.4 Å².